The van der Waals surface area contributed by atoms with Gasteiger partial charge in [0.15, 0.2) is 0 Å². The second-order valence-corrected chi connectivity index (χ2v) is 4.02. The Balaban J connectivity index is 4.48. The number of hydrogen-bond acceptors (Lipinski definition) is 5. The van der Waals surface area contributed by atoms with Gasteiger partial charge in [-0.15, -0.1) is 0 Å². The first-order chi connectivity index (χ1) is 8.46. The summed E-state index contributed by atoms with van der Waals surface area (Å²) in [5, 5.41) is 0. The second-order valence-electron chi connectivity index (χ2n) is 3.69. The van der Waals surface area contributed by atoms with Gasteiger partial charge in [-0.25, -0.2) is 14.2 Å². The fourth-order valence-corrected chi connectivity index (χ4v) is 1.35. The van der Waals surface area contributed by atoms with Crippen molar-refractivity contribution < 1.29 is 23.4 Å². The van der Waals surface area contributed by atoms with E-state index < -0.39 is 26.9 Å². The summed E-state index contributed by atoms with van der Waals surface area (Å²) in [5.41, 5.74) is 0.303. The van der Waals surface area contributed by atoms with E-state index in [0.29, 0.717) is 18.5 Å². The van der Waals surface area contributed by atoms with Gasteiger partial charge in [-0.05, 0) is 20.3 Å². The molecule has 7 heteroatoms. The molecule has 0 N–H and O–H groups in total. The van der Waals surface area contributed by atoms with Crippen LogP contribution >= 0.6 is 8.69 Å². The average molecular weight is 275 g/mol. The van der Waals surface area contributed by atoms with Crippen molar-refractivity contribution in [2.75, 3.05) is 13.1 Å². The molecule has 0 saturated heterocycles. The van der Waals surface area contributed by atoms with E-state index in [9.17, 15) is 14.2 Å². The van der Waals surface area contributed by atoms with E-state index in [0.717, 1.165) is 0 Å². The lowest BCUT2D eigenvalue weighted by molar-refractivity contribution is -0.145. The SMILES string of the molecule is C=C(C)C(=O)OC(CC)CN(CC)C(=O)OP=O. The van der Waals surface area contributed by atoms with Crippen LogP contribution in [-0.2, 0) is 18.6 Å². The summed E-state index contributed by atoms with van der Waals surface area (Å²) in [6.45, 7) is 9.18. The molecule has 0 fully saturated rings. The maximum Gasteiger partial charge on any atom is 0.420 e. The molecule has 0 saturated carbocycles. The Hall–Kier alpha value is -1.42. The first-order valence-corrected chi connectivity index (χ1v) is 6.34. The summed E-state index contributed by atoms with van der Waals surface area (Å²) < 4.78 is 19.7. The number of hydrogen-bond donors (Lipinski definition) is 0. The van der Waals surface area contributed by atoms with Crippen molar-refractivity contribution in [1.29, 1.82) is 0 Å². The van der Waals surface area contributed by atoms with Crippen LogP contribution in [-0.4, -0.2) is 36.2 Å². The molecule has 0 bridgehead atoms. The van der Waals surface area contributed by atoms with Crippen molar-refractivity contribution in [2.24, 2.45) is 0 Å². The number of rotatable bonds is 7. The fourth-order valence-electron chi connectivity index (χ4n) is 1.17. The number of ether oxygens (including phenoxy) is 1. The van der Waals surface area contributed by atoms with Gasteiger partial charge in [0, 0.05) is 12.1 Å². The molecule has 0 aliphatic carbocycles. The van der Waals surface area contributed by atoms with Gasteiger partial charge in [0.05, 0.1) is 6.54 Å². The van der Waals surface area contributed by atoms with Crippen LogP contribution in [0.4, 0.5) is 4.79 Å². The third-order valence-electron chi connectivity index (χ3n) is 2.26. The molecule has 0 aromatic rings. The van der Waals surface area contributed by atoms with Gasteiger partial charge >= 0.3 is 20.7 Å². The van der Waals surface area contributed by atoms with Gasteiger partial charge in [-0.1, -0.05) is 13.5 Å². The van der Waals surface area contributed by atoms with Crippen LogP contribution in [0.2, 0.25) is 0 Å². The van der Waals surface area contributed by atoms with Crippen molar-refractivity contribution in [1.82, 2.24) is 4.90 Å². The Morgan fingerprint density at radius 1 is 1.39 bits per heavy atom. The molecule has 0 rings (SSSR count). The van der Waals surface area contributed by atoms with E-state index in [1.54, 1.807) is 13.8 Å². The minimum Gasteiger partial charge on any atom is -0.457 e. The smallest absolute Gasteiger partial charge is 0.420 e. The highest BCUT2D eigenvalue weighted by Gasteiger charge is 2.21. The van der Waals surface area contributed by atoms with E-state index in [-0.39, 0.29) is 6.54 Å². The molecule has 18 heavy (non-hydrogen) atoms. The fraction of sp³-hybridized carbons (Fsp3) is 0.636. The third kappa shape index (κ3) is 5.77. The summed E-state index contributed by atoms with van der Waals surface area (Å²) in [5.74, 6) is -0.492. The van der Waals surface area contributed by atoms with E-state index in [1.807, 2.05) is 6.92 Å². The van der Waals surface area contributed by atoms with Gasteiger partial charge in [0.1, 0.15) is 6.10 Å². The summed E-state index contributed by atoms with van der Waals surface area (Å²) in [7, 11) is -0.698. The Bertz CT molecular complexity index is 331. The molecule has 102 valence electrons. The number of carbonyl (C=O) groups excluding carboxylic acids is 2. The van der Waals surface area contributed by atoms with Crippen LogP contribution in [0.5, 0.6) is 0 Å². The summed E-state index contributed by atoms with van der Waals surface area (Å²) in [6.07, 6.45) is -0.596. The highest BCUT2D eigenvalue weighted by atomic mass is 31.1. The van der Waals surface area contributed by atoms with Crippen LogP contribution in [0.1, 0.15) is 27.2 Å². The number of carbonyl (C=O) groups is 2. The highest BCUT2D eigenvalue weighted by Crippen LogP contribution is 2.08. The molecule has 6 nitrogen and oxygen atoms in total. The molecular formula is C11H18NO5P. The number of likely N-dealkylation sites (N-methyl/N-ethyl adjacent to an activating group) is 1. The van der Waals surface area contributed by atoms with Crippen LogP contribution in [0.3, 0.4) is 0 Å². The van der Waals surface area contributed by atoms with Crippen molar-refractivity contribution in [3.63, 3.8) is 0 Å². The molecule has 0 aliphatic heterocycles. The Kier molecular flexibility index (Phi) is 7.96. The summed E-state index contributed by atoms with van der Waals surface area (Å²) >= 11 is 0. The molecule has 0 spiro atoms. The third-order valence-corrected chi connectivity index (χ3v) is 2.49. The van der Waals surface area contributed by atoms with Gasteiger partial charge in [-0.2, -0.15) is 0 Å². The lowest BCUT2D eigenvalue weighted by Crippen LogP contribution is -2.38. The highest BCUT2D eigenvalue weighted by molar-refractivity contribution is 7.18. The zero-order valence-corrected chi connectivity index (χ0v) is 11.7. The van der Waals surface area contributed by atoms with E-state index in [4.69, 9.17) is 4.74 Å². The van der Waals surface area contributed by atoms with Crippen LogP contribution < -0.4 is 0 Å². The van der Waals surface area contributed by atoms with E-state index in [2.05, 4.69) is 11.1 Å². The molecule has 0 radical (unpaired) electrons. The van der Waals surface area contributed by atoms with Crippen LogP contribution in [0.15, 0.2) is 12.2 Å². The first-order valence-electron chi connectivity index (χ1n) is 5.61. The zero-order chi connectivity index (χ0) is 14.1. The number of amides is 1. The van der Waals surface area contributed by atoms with Crippen molar-refractivity contribution in [3.8, 4) is 0 Å². The van der Waals surface area contributed by atoms with Crippen molar-refractivity contribution in [2.45, 2.75) is 33.3 Å². The van der Waals surface area contributed by atoms with Crippen LogP contribution in [0, 0.1) is 0 Å². The minimum atomic E-state index is -0.709. The topological polar surface area (TPSA) is 72.9 Å². The Labute approximate surface area is 108 Å². The number of esters is 1. The lowest BCUT2D eigenvalue weighted by atomic mass is 10.2. The minimum absolute atomic E-state index is 0.195. The van der Waals surface area contributed by atoms with Gasteiger partial charge in [-0.3, -0.25) is 0 Å². The molecular weight excluding hydrogens is 257 g/mol. The number of nitrogens with zero attached hydrogens (tertiary/aromatic N) is 1. The van der Waals surface area contributed by atoms with Crippen LogP contribution in [0.25, 0.3) is 0 Å². The molecule has 1 unspecified atom stereocenters. The maximum atomic E-state index is 11.4. The summed E-state index contributed by atoms with van der Waals surface area (Å²) in [6, 6.07) is 0. The van der Waals surface area contributed by atoms with Crippen molar-refractivity contribution in [3.05, 3.63) is 12.2 Å². The lowest BCUT2D eigenvalue weighted by Gasteiger charge is -2.24. The maximum absolute atomic E-state index is 11.4. The summed E-state index contributed by atoms with van der Waals surface area (Å²) in [4.78, 5) is 24.1. The molecule has 1 atom stereocenters. The Morgan fingerprint density at radius 3 is 2.39 bits per heavy atom. The zero-order valence-electron chi connectivity index (χ0n) is 10.8. The monoisotopic (exact) mass is 275 g/mol. The molecule has 0 aromatic heterocycles. The van der Waals surface area contributed by atoms with Gasteiger partial charge in [0.2, 0.25) is 0 Å². The molecule has 0 aromatic carbocycles. The van der Waals surface area contributed by atoms with E-state index in [1.165, 1.54) is 4.90 Å². The van der Waals surface area contributed by atoms with Gasteiger partial charge in [0.25, 0.3) is 0 Å². The van der Waals surface area contributed by atoms with Crippen molar-refractivity contribution >= 4 is 20.7 Å². The first kappa shape index (κ1) is 16.6. The predicted molar refractivity (Wildman–Crippen MR) is 66.3 cm³/mol. The second kappa shape index (κ2) is 8.64. The molecule has 0 heterocycles. The molecule has 1 amide bonds. The molecule has 0 aliphatic rings. The normalized spacial score (nSPS) is 11.7. The average Bonchev–Trinajstić information content (AvgIpc) is 2.33. The largest absolute Gasteiger partial charge is 0.457 e. The quantitative estimate of drug-likeness (QED) is 0.405. The predicted octanol–water partition coefficient (Wildman–Crippen LogP) is 2.55. The van der Waals surface area contributed by atoms with Gasteiger partial charge < -0.3 is 14.2 Å². The van der Waals surface area contributed by atoms with E-state index >= 15 is 0 Å². The standard InChI is InChI=1S/C11H18NO5P/c1-5-9(16-10(13)8(3)4)7-12(6-2)11(14)17-18-15/h9H,3,5-7H2,1-2,4H3. The Morgan fingerprint density at radius 2 is 2.00 bits per heavy atom.